The summed E-state index contributed by atoms with van der Waals surface area (Å²) in [6, 6.07) is 8.57. The number of aliphatic hydroxyl groups is 1. The van der Waals surface area contributed by atoms with E-state index in [1.54, 1.807) is 30.9 Å². The molecule has 2 heterocycles. The van der Waals surface area contributed by atoms with Crippen LogP contribution in [0.3, 0.4) is 0 Å². The number of aryl methyl sites for hydroxylation is 2. The van der Waals surface area contributed by atoms with Gasteiger partial charge in [0.25, 0.3) is 0 Å². The molecule has 2 aromatic carbocycles. The lowest BCUT2D eigenvalue weighted by Crippen LogP contribution is -2.42. The van der Waals surface area contributed by atoms with E-state index in [4.69, 9.17) is 9.72 Å². The van der Waals surface area contributed by atoms with E-state index in [0.29, 0.717) is 23.4 Å². The number of hydrogen-bond acceptors (Lipinski definition) is 5. The van der Waals surface area contributed by atoms with Gasteiger partial charge in [0.05, 0.1) is 23.8 Å². The van der Waals surface area contributed by atoms with Gasteiger partial charge in [-0.25, -0.2) is 14.2 Å². The van der Waals surface area contributed by atoms with Gasteiger partial charge in [-0.05, 0) is 82.2 Å². The first-order chi connectivity index (χ1) is 17.7. The SMILES string of the molecule is COC(=O)N1c2ccc3c(nc([C@@H](O)c4ccc(C)c(F)c4)n3[C@@H]3CCC[C@@H](C(C)=O)C3)c2CC[C@@H]1C. The van der Waals surface area contributed by atoms with Gasteiger partial charge in [-0.2, -0.15) is 0 Å². The number of hydrogen-bond donors (Lipinski definition) is 1. The van der Waals surface area contributed by atoms with Gasteiger partial charge in [-0.3, -0.25) is 9.69 Å². The number of benzene rings is 2. The number of carbonyl (C=O) groups is 2. The molecule has 0 bridgehead atoms. The molecule has 37 heavy (non-hydrogen) atoms. The predicted molar refractivity (Wildman–Crippen MR) is 139 cm³/mol. The van der Waals surface area contributed by atoms with Crippen LogP contribution in [-0.2, 0) is 16.0 Å². The zero-order chi connectivity index (χ0) is 26.4. The third kappa shape index (κ3) is 4.41. The molecule has 1 saturated carbocycles. The van der Waals surface area contributed by atoms with E-state index in [2.05, 4.69) is 4.57 Å². The zero-order valence-electron chi connectivity index (χ0n) is 21.8. The van der Waals surface area contributed by atoms with Crippen molar-refractivity contribution in [3.63, 3.8) is 0 Å². The van der Waals surface area contributed by atoms with Crippen molar-refractivity contribution in [2.45, 2.75) is 77.5 Å². The van der Waals surface area contributed by atoms with E-state index in [1.165, 1.54) is 13.2 Å². The molecular weight excluding hydrogens is 473 g/mol. The zero-order valence-corrected chi connectivity index (χ0v) is 21.8. The highest BCUT2D eigenvalue weighted by Crippen LogP contribution is 2.42. The summed E-state index contributed by atoms with van der Waals surface area (Å²) in [4.78, 5) is 31.5. The van der Waals surface area contributed by atoms with E-state index >= 15 is 0 Å². The predicted octanol–water partition coefficient (Wildman–Crippen LogP) is 5.79. The summed E-state index contributed by atoms with van der Waals surface area (Å²) < 4.78 is 21.6. The molecule has 8 heteroatoms. The number of Topliss-reactive ketones (excluding diaryl/α,β-unsaturated/α-hetero) is 1. The second-order valence-electron chi connectivity index (χ2n) is 10.5. The Bertz CT molecular complexity index is 1370. The summed E-state index contributed by atoms with van der Waals surface area (Å²) in [6.45, 7) is 5.32. The van der Waals surface area contributed by atoms with Crippen molar-refractivity contribution in [1.29, 1.82) is 0 Å². The number of ether oxygens (including phenoxy) is 1. The molecule has 196 valence electrons. The number of fused-ring (bicyclic) bond motifs is 3. The molecule has 4 atom stereocenters. The molecule has 0 saturated heterocycles. The monoisotopic (exact) mass is 507 g/mol. The molecular formula is C29H34FN3O4. The summed E-state index contributed by atoms with van der Waals surface area (Å²) in [7, 11) is 1.38. The van der Waals surface area contributed by atoms with Gasteiger partial charge < -0.3 is 14.4 Å². The van der Waals surface area contributed by atoms with Crippen LogP contribution in [-0.4, -0.2) is 39.7 Å². The van der Waals surface area contributed by atoms with Gasteiger partial charge in [0, 0.05) is 23.6 Å². The van der Waals surface area contributed by atoms with Crippen LogP contribution in [0.15, 0.2) is 30.3 Å². The first-order valence-electron chi connectivity index (χ1n) is 13.1. The van der Waals surface area contributed by atoms with Gasteiger partial charge in [0.1, 0.15) is 23.5 Å². The molecule has 1 aliphatic carbocycles. The molecule has 1 aromatic heterocycles. The third-order valence-corrected chi connectivity index (χ3v) is 8.20. The fourth-order valence-electron chi connectivity index (χ4n) is 6.07. The lowest BCUT2D eigenvalue weighted by atomic mass is 9.83. The lowest BCUT2D eigenvalue weighted by molar-refractivity contribution is -0.122. The van der Waals surface area contributed by atoms with E-state index < -0.39 is 12.2 Å². The number of nitrogens with zero attached hydrogens (tertiary/aromatic N) is 3. The maximum Gasteiger partial charge on any atom is 0.414 e. The fraction of sp³-hybridized carbons (Fsp3) is 0.483. The van der Waals surface area contributed by atoms with Crippen molar-refractivity contribution in [2.75, 3.05) is 12.0 Å². The fourth-order valence-corrected chi connectivity index (χ4v) is 6.07. The topological polar surface area (TPSA) is 84.7 Å². The molecule has 0 radical (unpaired) electrons. The Morgan fingerprint density at radius 3 is 2.68 bits per heavy atom. The van der Waals surface area contributed by atoms with Crippen LogP contribution >= 0.6 is 0 Å². The lowest BCUT2D eigenvalue weighted by Gasteiger charge is -2.34. The molecule has 1 fully saturated rings. The van der Waals surface area contributed by atoms with Crippen molar-refractivity contribution in [3.8, 4) is 0 Å². The summed E-state index contributed by atoms with van der Waals surface area (Å²) in [5, 5.41) is 11.5. The van der Waals surface area contributed by atoms with Gasteiger partial charge in [0.2, 0.25) is 0 Å². The standard InChI is InChI=1S/C29H34FN3O4/c1-16-8-10-20(15-23(16)30)27(35)28-31-26-22-11-9-17(2)32(29(36)37-4)24(22)12-13-25(26)33(28)21-7-5-6-19(14-21)18(3)34/h8,10,12-13,15,17,19,21,27,35H,5-7,9,11,14H2,1-4H3/t17-,19+,21+,27-/m0/s1. The van der Waals surface area contributed by atoms with E-state index in [9.17, 15) is 19.1 Å². The maximum atomic E-state index is 14.4. The Morgan fingerprint density at radius 2 is 1.97 bits per heavy atom. The first-order valence-corrected chi connectivity index (χ1v) is 13.1. The first kappa shape index (κ1) is 25.4. The molecule has 0 unspecified atom stereocenters. The summed E-state index contributed by atoms with van der Waals surface area (Å²) in [6.07, 6.45) is 3.22. The Balaban J connectivity index is 1.70. The Morgan fingerprint density at radius 1 is 1.19 bits per heavy atom. The van der Waals surface area contributed by atoms with Gasteiger partial charge in [-0.1, -0.05) is 18.6 Å². The summed E-state index contributed by atoms with van der Waals surface area (Å²) >= 11 is 0. The smallest absolute Gasteiger partial charge is 0.414 e. The van der Waals surface area contributed by atoms with Crippen molar-refractivity contribution in [2.24, 2.45) is 5.92 Å². The normalized spacial score (nSPS) is 22.5. The molecule has 3 aromatic rings. The van der Waals surface area contributed by atoms with Crippen molar-refractivity contribution in [1.82, 2.24) is 9.55 Å². The number of methoxy groups -OCH3 is 1. The van der Waals surface area contributed by atoms with Crippen LogP contribution in [0.2, 0.25) is 0 Å². The number of aliphatic hydroxyl groups excluding tert-OH is 1. The van der Waals surface area contributed by atoms with E-state index in [-0.39, 0.29) is 29.6 Å². The van der Waals surface area contributed by atoms with Crippen LogP contribution < -0.4 is 4.90 Å². The number of carbonyl (C=O) groups excluding carboxylic acids is 2. The van der Waals surface area contributed by atoms with Gasteiger partial charge in [-0.15, -0.1) is 0 Å². The van der Waals surface area contributed by atoms with Crippen molar-refractivity contribution >= 4 is 28.6 Å². The molecule has 0 spiro atoms. The van der Waals surface area contributed by atoms with Crippen LogP contribution in [0, 0.1) is 18.7 Å². The molecule has 7 nitrogen and oxygen atoms in total. The molecule has 1 aliphatic heterocycles. The van der Waals surface area contributed by atoms with E-state index in [0.717, 1.165) is 54.4 Å². The number of imidazole rings is 1. The minimum Gasteiger partial charge on any atom is -0.452 e. The van der Waals surface area contributed by atoms with Gasteiger partial charge >= 0.3 is 6.09 Å². The molecule has 2 aliphatic rings. The molecule has 1 amide bonds. The van der Waals surface area contributed by atoms with Gasteiger partial charge in [0.15, 0.2) is 0 Å². The molecule has 5 rings (SSSR count). The van der Waals surface area contributed by atoms with Crippen LogP contribution in [0.1, 0.15) is 80.6 Å². The number of halogens is 1. The quantitative estimate of drug-likeness (QED) is 0.483. The summed E-state index contributed by atoms with van der Waals surface area (Å²) in [5.41, 5.74) is 4.21. The number of anilines is 1. The highest BCUT2D eigenvalue weighted by atomic mass is 19.1. The Hall–Kier alpha value is -3.26. The van der Waals surface area contributed by atoms with Crippen molar-refractivity contribution < 1.29 is 23.8 Å². The van der Waals surface area contributed by atoms with Crippen LogP contribution in [0.25, 0.3) is 11.0 Å². The minimum absolute atomic E-state index is 0.0188. The average molecular weight is 508 g/mol. The average Bonchev–Trinajstić information content (AvgIpc) is 3.29. The second kappa shape index (κ2) is 9.89. The Labute approximate surface area is 216 Å². The number of amides is 1. The van der Waals surface area contributed by atoms with Crippen LogP contribution in [0.4, 0.5) is 14.9 Å². The highest BCUT2D eigenvalue weighted by molar-refractivity contribution is 5.95. The largest absolute Gasteiger partial charge is 0.452 e. The Kier molecular flexibility index (Phi) is 6.79. The molecule has 1 N–H and O–H groups in total. The minimum atomic E-state index is -1.14. The highest BCUT2D eigenvalue weighted by Gasteiger charge is 2.35. The maximum absolute atomic E-state index is 14.4. The van der Waals surface area contributed by atoms with Crippen LogP contribution in [0.5, 0.6) is 0 Å². The number of rotatable bonds is 4. The van der Waals surface area contributed by atoms with Crippen molar-refractivity contribution in [3.05, 3.63) is 58.7 Å². The third-order valence-electron chi connectivity index (χ3n) is 8.20. The number of ketones is 1. The summed E-state index contributed by atoms with van der Waals surface area (Å²) in [5.74, 6) is 0.195. The number of aromatic nitrogens is 2. The van der Waals surface area contributed by atoms with E-state index in [1.807, 2.05) is 19.1 Å². The second-order valence-corrected chi connectivity index (χ2v) is 10.5.